The van der Waals surface area contributed by atoms with Gasteiger partial charge in [0.2, 0.25) is 0 Å². The van der Waals surface area contributed by atoms with Crippen LogP contribution in [0.15, 0.2) is 0 Å². The van der Waals surface area contributed by atoms with E-state index in [2.05, 4.69) is 5.32 Å². The van der Waals surface area contributed by atoms with Crippen LogP contribution in [0.2, 0.25) is 0 Å². The summed E-state index contributed by atoms with van der Waals surface area (Å²) in [5, 5.41) is 13.3. The van der Waals surface area contributed by atoms with E-state index in [-0.39, 0.29) is 5.41 Å². The number of ether oxygens (including phenoxy) is 2. The topological polar surface area (TPSA) is 67.8 Å². The third-order valence-electron chi connectivity index (χ3n) is 3.81. The minimum Gasteiger partial charge on any atom is -0.444 e. The Morgan fingerprint density at radius 2 is 2.06 bits per heavy atom. The first-order valence-electron chi connectivity index (χ1n) is 6.53. The van der Waals surface area contributed by atoms with E-state index in [1.165, 1.54) is 0 Å². The molecule has 2 rings (SSSR count). The lowest BCUT2D eigenvalue weighted by Gasteiger charge is -2.32. The van der Waals surface area contributed by atoms with E-state index >= 15 is 0 Å². The van der Waals surface area contributed by atoms with Crippen molar-refractivity contribution >= 4 is 6.09 Å². The highest BCUT2D eigenvalue weighted by Crippen LogP contribution is 2.56. The molecule has 1 aliphatic carbocycles. The van der Waals surface area contributed by atoms with Crippen molar-refractivity contribution in [3.63, 3.8) is 0 Å². The number of hydrogen-bond acceptors (Lipinski definition) is 4. The quantitative estimate of drug-likeness (QED) is 0.803. The summed E-state index contributed by atoms with van der Waals surface area (Å²) < 4.78 is 10.5. The zero-order valence-electron chi connectivity index (χ0n) is 11.4. The molecule has 1 amide bonds. The normalized spacial score (nSPS) is 30.0. The number of rotatable bonds is 3. The van der Waals surface area contributed by atoms with E-state index in [0.717, 1.165) is 12.8 Å². The first kappa shape index (κ1) is 13.6. The van der Waals surface area contributed by atoms with E-state index in [1.807, 2.05) is 20.8 Å². The Bertz CT molecular complexity index is 324. The Hall–Kier alpha value is -0.810. The average molecular weight is 257 g/mol. The Morgan fingerprint density at radius 1 is 1.39 bits per heavy atom. The molecule has 2 fully saturated rings. The lowest BCUT2D eigenvalue weighted by atomic mass is 9.83. The molecule has 5 heteroatoms. The molecule has 18 heavy (non-hydrogen) atoms. The second kappa shape index (κ2) is 4.38. The Kier molecular flexibility index (Phi) is 3.32. The molecular formula is C13H23NO4. The lowest BCUT2D eigenvalue weighted by Crippen LogP contribution is -2.47. The molecule has 2 N–H and O–H groups in total. The molecule has 104 valence electrons. The maximum absolute atomic E-state index is 11.6. The highest BCUT2D eigenvalue weighted by Gasteiger charge is 2.60. The van der Waals surface area contributed by atoms with Crippen molar-refractivity contribution in [3.8, 4) is 0 Å². The summed E-state index contributed by atoms with van der Waals surface area (Å²) in [5.74, 6) is 0. The molecule has 0 aromatic heterocycles. The molecule has 5 nitrogen and oxygen atoms in total. The van der Waals surface area contributed by atoms with Crippen molar-refractivity contribution in [1.29, 1.82) is 0 Å². The summed E-state index contributed by atoms with van der Waals surface area (Å²) in [7, 11) is 0. The third kappa shape index (κ3) is 2.78. The van der Waals surface area contributed by atoms with Crippen molar-refractivity contribution in [2.75, 3.05) is 19.8 Å². The molecule has 1 unspecified atom stereocenters. The van der Waals surface area contributed by atoms with Gasteiger partial charge in [0.15, 0.2) is 0 Å². The van der Waals surface area contributed by atoms with Gasteiger partial charge in [0.25, 0.3) is 0 Å². The van der Waals surface area contributed by atoms with Crippen molar-refractivity contribution in [3.05, 3.63) is 0 Å². The number of amides is 1. The summed E-state index contributed by atoms with van der Waals surface area (Å²) in [6.07, 6.45) is 2.10. The SMILES string of the molecule is CC(C)(C)OC(=O)NCC1(C2(O)CCOC2)CC1. The molecular weight excluding hydrogens is 234 g/mol. The van der Waals surface area contributed by atoms with Crippen LogP contribution in [0.1, 0.15) is 40.0 Å². The van der Waals surface area contributed by atoms with E-state index < -0.39 is 17.3 Å². The number of carbonyl (C=O) groups is 1. The minimum absolute atomic E-state index is 0.208. The smallest absolute Gasteiger partial charge is 0.407 e. The van der Waals surface area contributed by atoms with Crippen LogP contribution in [0, 0.1) is 5.41 Å². The van der Waals surface area contributed by atoms with Gasteiger partial charge in [0, 0.05) is 25.0 Å². The number of hydrogen-bond donors (Lipinski definition) is 2. The molecule has 2 aliphatic rings. The fraction of sp³-hybridized carbons (Fsp3) is 0.923. The van der Waals surface area contributed by atoms with Crippen LogP contribution in [0.25, 0.3) is 0 Å². The van der Waals surface area contributed by atoms with Gasteiger partial charge in [0.05, 0.1) is 12.2 Å². The highest BCUT2D eigenvalue weighted by molar-refractivity contribution is 5.67. The molecule has 0 bridgehead atoms. The van der Waals surface area contributed by atoms with E-state index in [0.29, 0.717) is 26.2 Å². The van der Waals surface area contributed by atoms with Crippen molar-refractivity contribution in [2.45, 2.75) is 51.2 Å². The Balaban J connectivity index is 1.85. The fourth-order valence-corrected chi connectivity index (χ4v) is 2.49. The lowest BCUT2D eigenvalue weighted by molar-refractivity contribution is -0.0383. The van der Waals surface area contributed by atoms with Crippen LogP contribution >= 0.6 is 0 Å². The first-order valence-corrected chi connectivity index (χ1v) is 6.53. The molecule has 1 saturated carbocycles. The second-order valence-electron chi connectivity index (χ2n) is 6.47. The van der Waals surface area contributed by atoms with Gasteiger partial charge in [-0.1, -0.05) is 0 Å². The standard InChI is InChI=1S/C13H23NO4/c1-11(2,3)18-10(15)14-8-12(4-5-12)13(16)6-7-17-9-13/h16H,4-9H2,1-3H3,(H,14,15). The largest absolute Gasteiger partial charge is 0.444 e. The van der Waals surface area contributed by atoms with E-state index in [9.17, 15) is 9.90 Å². The van der Waals surface area contributed by atoms with Crippen LogP contribution in [-0.2, 0) is 9.47 Å². The van der Waals surface area contributed by atoms with Crippen LogP contribution in [0.4, 0.5) is 4.79 Å². The Labute approximate surface area is 108 Å². The zero-order chi connectivity index (χ0) is 13.4. The van der Waals surface area contributed by atoms with Gasteiger partial charge in [-0.2, -0.15) is 0 Å². The number of nitrogens with one attached hydrogen (secondary N) is 1. The van der Waals surface area contributed by atoms with Gasteiger partial charge in [-0.3, -0.25) is 0 Å². The number of aliphatic hydroxyl groups is 1. The predicted octanol–water partition coefficient (Wildman–Crippen LogP) is 1.44. The summed E-state index contributed by atoms with van der Waals surface area (Å²) in [6.45, 7) is 6.93. The predicted molar refractivity (Wildman–Crippen MR) is 66.3 cm³/mol. The van der Waals surface area contributed by atoms with Gasteiger partial charge < -0.3 is 19.9 Å². The molecule has 1 atom stereocenters. The van der Waals surface area contributed by atoms with Gasteiger partial charge in [-0.05, 0) is 33.6 Å². The summed E-state index contributed by atoms with van der Waals surface area (Å²) in [6, 6.07) is 0. The van der Waals surface area contributed by atoms with E-state index in [4.69, 9.17) is 9.47 Å². The Morgan fingerprint density at radius 3 is 2.50 bits per heavy atom. The fourth-order valence-electron chi connectivity index (χ4n) is 2.49. The second-order valence-corrected chi connectivity index (χ2v) is 6.47. The zero-order valence-corrected chi connectivity index (χ0v) is 11.4. The average Bonchev–Trinajstić information content (AvgIpc) is 2.91. The van der Waals surface area contributed by atoms with Crippen LogP contribution in [0.5, 0.6) is 0 Å². The minimum atomic E-state index is -0.776. The maximum Gasteiger partial charge on any atom is 0.407 e. The van der Waals surface area contributed by atoms with Crippen LogP contribution in [0.3, 0.4) is 0 Å². The monoisotopic (exact) mass is 257 g/mol. The van der Waals surface area contributed by atoms with Crippen molar-refractivity contribution < 1.29 is 19.4 Å². The molecule has 1 heterocycles. The van der Waals surface area contributed by atoms with Gasteiger partial charge in [0.1, 0.15) is 5.60 Å². The molecule has 0 radical (unpaired) electrons. The van der Waals surface area contributed by atoms with Crippen molar-refractivity contribution in [2.24, 2.45) is 5.41 Å². The summed E-state index contributed by atoms with van der Waals surface area (Å²) in [4.78, 5) is 11.6. The first-order chi connectivity index (χ1) is 8.27. The maximum atomic E-state index is 11.6. The molecule has 0 spiro atoms. The van der Waals surface area contributed by atoms with Gasteiger partial charge in [-0.25, -0.2) is 4.79 Å². The van der Waals surface area contributed by atoms with E-state index in [1.54, 1.807) is 0 Å². The van der Waals surface area contributed by atoms with Gasteiger partial charge >= 0.3 is 6.09 Å². The molecule has 0 aromatic rings. The van der Waals surface area contributed by atoms with Crippen molar-refractivity contribution in [1.82, 2.24) is 5.32 Å². The molecule has 0 aromatic carbocycles. The number of carbonyl (C=O) groups excluding carboxylic acids is 1. The van der Waals surface area contributed by atoms with Gasteiger partial charge in [-0.15, -0.1) is 0 Å². The highest BCUT2D eigenvalue weighted by atomic mass is 16.6. The molecule has 1 saturated heterocycles. The third-order valence-corrected chi connectivity index (χ3v) is 3.81. The summed E-state index contributed by atoms with van der Waals surface area (Å²) in [5.41, 5.74) is -1.48. The number of alkyl carbamates (subject to hydrolysis) is 1. The molecule has 1 aliphatic heterocycles. The van der Waals surface area contributed by atoms with Crippen LogP contribution < -0.4 is 5.32 Å². The summed E-state index contributed by atoms with van der Waals surface area (Å²) >= 11 is 0. The van der Waals surface area contributed by atoms with Crippen LogP contribution in [-0.4, -0.2) is 42.2 Å².